The number of hydrogen-bond acceptors (Lipinski definition) is 2. The Morgan fingerprint density at radius 3 is 2.43 bits per heavy atom. The number of methoxy groups -OCH3 is 1. The highest BCUT2D eigenvalue weighted by molar-refractivity contribution is 6.14. The molecular weight excluding hydrogens is 284 g/mol. The van der Waals surface area contributed by atoms with Crippen LogP contribution in [0, 0.1) is 13.8 Å². The van der Waals surface area contributed by atoms with Crippen LogP contribution in [0.2, 0.25) is 0 Å². The van der Waals surface area contributed by atoms with E-state index in [9.17, 15) is 0 Å². The first-order chi connectivity index (χ1) is 11.2. The Balaban J connectivity index is 2.22. The van der Waals surface area contributed by atoms with Gasteiger partial charge in [0.2, 0.25) is 0 Å². The maximum absolute atomic E-state index is 6.08. The molecule has 1 aromatic heterocycles. The average Bonchev–Trinajstić information content (AvgIpc) is 2.94. The van der Waals surface area contributed by atoms with Gasteiger partial charge in [-0.1, -0.05) is 36.4 Å². The van der Waals surface area contributed by atoms with Gasteiger partial charge in [0.1, 0.15) is 16.9 Å². The van der Waals surface area contributed by atoms with Gasteiger partial charge in [0.25, 0.3) is 0 Å². The van der Waals surface area contributed by atoms with E-state index in [2.05, 4.69) is 38.1 Å². The number of benzene rings is 3. The molecule has 2 heteroatoms. The molecule has 0 fully saturated rings. The van der Waals surface area contributed by atoms with E-state index in [-0.39, 0.29) is 0 Å². The van der Waals surface area contributed by atoms with Crippen LogP contribution in [-0.2, 0) is 0 Å². The number of aryl methyl sites for hydroxylation is 1. The maximum atomic E-state index is 6.08. The fraction of sp³-hybridized carbons (Fsp3) is 0.143. The number of para-hydroxylation sites is 2. The molecule has 0 aliphatic rings. The van der Waals surface area contributed by atoms with E-state index in [1.807, 2.05) is 30.3 Å². The summed E-state index contributed by atoms with van der Waals surface area (Å²) < 4.78 is 11.7. The van der Waals surface area contributed by atoms with Crippen LogP contribution in [-0.4, -0.2) is 7.11 Å². The minimum absolute atomic E-state index is 0.882. The Kier molecular flexibility index (Phi) is 3.12. The number of rotatable bonds is 2. The lowest BCUT2D eigenvalue weighted by molar-refractivity contribution is 0.416. The van der Waals surface area contributed by atoms with Crippen LogP contribution >= 0.6 is 0 Å². The SMILES string of the molecule is COc1ccccc1-c1c(C)c(C)cc2oc3ccccc3c12. The third-order valence-corrected chi connectivity index (χ3v) is 4.56. The van der Waals surface area contributed by atoms with Gasteiger partial charge in [-0.05, 0) is 43.2 Å². The van der Waals surface area contributed by atoms with Crippen molar-refractivity contribution in [1.82, 2.24) is 0 Å². The number of furan rings is 1. The number of ether oxygens (including phenoxy) is 1. The van der Waals surface area contributed by atoms with Crippen LogP contribution in [0.25, 0.3) is 33.1 Å². The minimum Gasteiger partial charge on any atom is -0.496 e. The van der Waals surface area contributed by atoms with Crippen molar-refractivity contribution in [2.45, 2.75) is 13.8 Å². The standard InChI is InChI=1S/C21H18O2/c1-13-12-19-21(16-9-5-7-11-18(16)23-19)20(14(13)2)15-8-4-6-10-17(15)22-3/h4-12H,1-3H3. The van der Waals surface area contributed by atoms with E-state index in [0.29, 0.717) is 0 Å². The van der Waals surface area contributed by atoms with Gasteiger partial charge >= 0.3 is 0 Å². The van der Waals surface area contributed by atoms with Crippen LogP contribution in [0.1, 0.15) is 11.1 Å². The smallest absolute Gasteiger partial charge is 0.136 e. The normalized spacial score (nSPS) is 11.3. The molecule has 0 aliphatic heterocycles. The van der Waals surface area contributed by atoms with Gasteiger partial charge in [-0.3, -0.25) is 0 Å². The summed E-state index contributed by atoms with van der Waals surface area (Å²) in [5.74, 6) is 0.882. The molecule has 0 amide bonds. The van der Waals surface area contributed by atoms with Gasteiger partial charge in [0, 0.05) is 21.9 Å². The van der Waals surface area contributed by atoms with Crippen molar-refractivity contribution in [2.75, 3.05) is 7.11 Å². The van der Waals surface area contributed by atoms with Crippen molar-refractivity contribution in [3.8, 4) is 16.9 Å². The predicted molar refractivity (Wildman–Crippen MR) is 95.2 cm³/mol. The van der Waals surface area contributed by atoms with Gasteiger partial charge in [-0.2, -0.15) is 0 Å². The second kappa shape index (κ2) is 5.17. The zero-order valence-electron chi connectivity index (χ0n) is 13.5. The van der Waals surface area contributed by atoms with Crippen molar-refractivity contribution in [3.63, 3.8) is 0 Å². The highest BCUT2D eigenvalue weighted by Crippen LogP contribution is 2.42. The lowest BCUT2D eigenvalue weighted by atomic mass is 9.91. The maximum Gasteiger partial charge on any atom is 0.136 e. The lowest BCUT2D eigenvalue weighted by Gasteiger charge is -2.14. The van der Waals surface area contributed by atoms with Crippen LogP contribution in [0.5, 0.6) is 5.75 Å². The van der Waals surface area contributed by atoms with Crippen LogP contribution in [0.3, 0.4) is 0 Å². The fourth-order valence-electron chi connectivity index (χ4n) is 3.30. The summed E-state index contributed by atoms with van der Waals surface area (Å²) in [5.41, 5.74) is 6.63. The van der Waals surface area contributed by atoms with E-state index >= 15 is 0 Å². The third kappa shape index (κ3) is 2.02. The molecule has 1 heterocycles. The largest absolute Gasteiger partial charge is 0.496 e. The zero-order valence-corrected chi connectivity index (χ0v) is 13.5. The van der Waals surface area contributed by atoms with Crippen molar-refractivity contribution in [3.05, 3.63) is 65.7 Å². The van der Waals surface area contributed by atoms with E-state index in [0.717, 1.165) is 33.3 Å². The van der Waals surface area contributed by atoms with E-state index in [4.69, 9.17) is 9.15 Å². The molecule has 2 nitrogen and oxygen atoms in total. The van der Waals surface area contributed by atoms with Gasteiger partial charge in [0.05, 0.1) is 7.11 Å². The topological polar surface area (TPSA) is 22.4 Å². The van der Waals surface area contributed by atoms with Gasteiger partial charge in [-0.15, -0.1) is 0 Å². The van der Waals surface area contributed by atoms with E-state index in [1.54, 1.807) is 7.11 Å². The second-order valence-electron chi connectivity index (χ2n) is 5.87. The minimum atomic E-state index is 0.882. The van der Waals surface area contributed by atoms with E-state index < -0.39 is 0 Å². The molecule has 23 heavy (non-hydrogen) atoms. The first-order valence-corrected chi connectivity index (χ1v) is 7.75. The molecular formula is C21H18O2. The molecule has 114 valence electrons. The molecule has 0 N–H and O–H groups in total. The van der Waals surface area contributed by atoms with Crippen molar-refractivity contribution >= 4 is 21.9 Å². The Hall–Kier alpha value is -2.74. The summed E-state index contributed by atoms with van der Waals surface area (Å²) in [6.45, 7) is 4.29. The molecule has 0 saturated carbocycles. The molecule has 0 spiro atoms. The Labute approximate surface area is 135 Å². The molecule has 0 bridgehead atoms. The summed E-state index contributed by atoms with van der Waals surface area (Å²) in [7, 11) is 1.72. The van der Waals surface area contributed by atoms with Crippen molar-refractivity contribution in [1.29, 1.82) is 0 Å². The quantitative estimate of drug-likeness (QED) is 0.461. The monoisotopic (exact) mass is 302 g/mol. The second-order valence-corrected chi connectivity index (χ2v) is 5.87. The van der Waals surface area contributed by atoms with Crippen LogP contribution in [0.15, 0.2) is 59.0 Å². The number of hydrogen-bond donors (Lipinski definition) is 0. The summed E-state index contributed by atoms with van der Waals surface area (Å²) in [6, 6.07) is 18.5. The summed E-state index contributed by atoms with van der Waals surface area (Å²) in [5, 5.41) is 2.31. The van der Waals surface area contributed by atoms with Crippen LogP contribution in [0.4, 0.5) is 0 Å². The zero-order chi connectivity index (χ0) is 16.0. The number of fused-ring (bicyclic) bond motifs is 3. The van der Waals surface area contributed by atoms with Crippen LogP contribution < -0.4 is 4.74 Å². The first kappa shape index (κ1) is 13.9. The molecule has 0 atom stereocenters. The third-order valence-electron chi connectivity index (χ3n) is 4.56. The summed E-state index contributed by atoms with van der Waals surface area (Å²) >= 11 is 0. The molecule has 0 aliphatic carbocycles. The predicted octanol–water partition coefficient (Wildman–Crippen LogP) is 5.88. The summed E-state index contributed by atoms with van der Waals surface area (Å²) in [6.07, 6.45) is 0. The van der Waals surface area contributed by atoms with Gasteiger partial charge in [0.15, 0.2) is 0 Å². The molecule has 0 radical (unpaired) electrons. The summed E-state index contributed by atoms with van der Waals surface area (Å²) in [4.78, 5) is 0. The Morgan fingerprint density at radius 2 is 1.61 bits per heavy atom. The molecule has 0 unspecified atom stereocenters. The first-order valence-electron chi connectivity index (χ1n) is 7.75. The molecule has 0 saturated heterocycles. The Bertz CT molecular complexity index is 1020. The molecule has 4 aromatic rings. The highest BCUT2D eigenvalue weighted by atomic mass is 16.5. The van der Waals surface area contributed by atoms with Gasteiger partial charge in [-0.25, -0.2) is 0 Å². The van der Waals surface area contributed by atoms with E-state index in [1.165, 1.54) is 16.7 Å². The fourth-order valence-corrected chi connectivity index (χ4v) is 3.30. The van der Waals surface area contributed by atoms with Crippen molar-refractivity contribution in [2.24, 2.45) is 0 Å². The molecule has 3 aromatic carbocycles. The Morgan fingerprint density at radius 1 is 0.870 bits per heavy atom. The highest BCUT2D eigenvalue weighted by Gasteiger charge is 2.18. The van der Waals surface area contributed by atoms with Gasteiger partial charge < -0.3 is 9.15 Å². The average molecular weight is 302 g/mol. The lowest BCUT2D eigenvalue weighted by Crippen LogP contribution is -1.92. The molecule has 4 rings (SSSR count). The van der Waals surface area contributed by atoms with Crippen molar-refractivity contribution < 1.29 is 9.15 Å².